The summed E-state index contributed by atoms with van der Waals surface area (Å²) in [7, 11) is 3.62. The van der Waals surface area contributed by atoms with Crippen molar-refractivity contribution < 1.29 is 17.6 Å². The standard InChI is InChI=1S/C33H49F2N7.C28H29ClF2N2/c1-6-36-23(2)10-16-39(4)33-27-21-28(34)30(31(35)32(27)40(5)38-33)26-13-17-41(18-14-26)22-25-11-19-42(20-12-25)24(3)29-9-7-8-15-37-29;1-4-8-18-11-12-21(17(3)33)24(27(18)31)25-23-16(2)28(15-32,20-9-6-5-7-10-20)14-19(23)13-22(30)26(25)29/h6,21,25-26,29,36-37H,1-3,7-20,22H2,4-5H3;5-7,9-13,16H,3-4,8,14-15,32-33H2,1-2H3/t;16-,28+/m.0/s1. The molecule has 14 heteroatoms. The zero-order valence-electron chi connectivity index (χ0n) is 44.6. The van der Waals surface area contributed by atoms with Gasteiger partial charge in [0.2, 0.25) is 0 Å². The van der Waals surface area contributed by atoms with Gasteiger partial charge >= 0.3 is 0 Å². The number of aryl methyl sites for hydroxylation is 2. The number of piperidine rings is 3. The average Bonchev–Trinajstić information content (AvgIpc) is 3.91. The number of halogens is 5. The summed E-state index contributed by atoms with van der Waals surface area (Å²) in [6.45, 7) is 27.0. The van der Waals surface area contributed by atoms with E-state index in [0.717, 1.165) is 80.9 Å². The number of fused-ring (bicyclic) bond motifs is 2. The number of hydrogen-bond acceptors (Lipinski definition) is 8. The molecule has 3 saturated heterocycles. The van der Waals surface area contributed by atoms with E-state index in [9.17, 15) is 0 Å². The number of likely N-dealkylation sites (tertiary alicyclic amines) is 2. The second kappa shape index (κ2) is 24.2. The summed E-state index contributed by atoms with van der Waals surface area (Å²) in [5, 5.41) is 11.6. The quantitative estimate of drug-likeness (QED) is 0.0683. The van der Waals surface area contributed by atoms with Gasteiger partial charge in [-0.1, -0.05) is 107 Å². The molecular formula is C61H78ClF4N9. The predicted octanol–water partition coefficient (Wildman–Crippen LogP) is 12.2. The van der Waals surface area contributed by atoms with Gasteiger partial charge in [0, 0.05) is 104 Å². The van der Waals surface area contributed by atoms with E-state index in [1.54, 1.807) is 30.1 Å². The lowest BCUT2D eigenvalue weighted by atomic mass is 9.71. The van der Waals surface area contributed by atoms with E-state index in [-0.39, 0.29) is 33.7 Å². The highest BCUT2D eigenvalue weighted by Crippen LogP contribution is 2.55. The van der Waals surface area contributed by atoms with Gasteiger partial charge in [-0.3, -0.25) is 4.68 Å². The van der Waals surface area contributed by atoms with Gasteiger partial charge in [-0.25, -0.2) is 17.6 Å². The molecule has 6 N–H and O–H groups in total. The van der Waals surface area contributed by atoms with Crippen LogP contribution in [0.5, 0.6) is 0 Å². The smallest absolute Gasteiger partial charge is 0.158 e. The van der Waals surface area contributed by atoms with Crippen molar-refractivity contribution >= 4 is 34.0 Å². The molecule has 0 spiro atoms. The van der Waals surface area contributed by atoms with Gasteiger partial charge in [-0.15, -0.1) is 0 Å². The van der Waals surface area contributed by atoms with Crippen molar-refractivity contribution in [2.24, 2.45) is 24.4 Å². The molecule has 0 saturated carbocycles. The topological polar surface area (TPSA) is 104 Å². The van der Waals surface area contributed by atoms with Crippen LogP contribution in [0.3, 0.4) is 0 Å². The maximum Gasteiger partial charge on any atom is 0.158 e. The SMILES string of the molecule is C=C(N)c1ccc(CCC)c(F)c1-c1c(Cl)c(F)cc2c1[C@H](C)[C@@](CN)(c1ccccc1)C2.C=CNC(=C)CCN(C)c1nn(C)c2c(F)c(C3CCN(CC4CCN(C(=C)C5CCCCN5)CC4)CC3)c(F)cc12. The molecule has 402 valence electrons. The molecule has 4 aromatic carbocycles. The lowest BCUT2D eigenvalue weighted by Crippen LogP contribution is -2.45. The molecule has 3 aliphatic heterocycles. The fourth-order valence-electron chi connectivity index (χ4n) is 12.6. The fraction of sp³-hybridized carbons (Fsp3) is 0.459. The number of rotatable bonds is 17. The van der Waals surface area contributed by atoms with Crippen LogP contribution in [0.25, 0.3) is 27.7 Å². The first kappa shape index (κ1) is 55.6. The minimum atomic E-state index is -0.577. The normalized spacial score (nSPS) is 20.4. The van der Waals surface area contributed by atoms with Crippen LogP contribution in [-0.4, -0.2) is 85.0 Å². The molecule has 1 aliphatic carbocycles. The summed E-state index contributed by atoms with van der Waals surface area (Å²) in [6.07, 6.45) is 11.8. The van der Waals surface area contributed by atoms with E-state index in [1.165, 1.54) is 49.9 Å². The van der Waals surface area contributed by atoms with Crippen LogP contribution in [0.15, 0.2) is 98.5 Å². The van der Waals surface area contributed by atoms with Gasteiger partial charge < -0.3 is 36.8 Å². The van der Waals surface area contributed by atoms with Crippen LogP contribution in [0.2, 0.25) is 5.02 Å². The Balaban J connectivity index is 0.000000205. The van der Waals surface area contributed by atoms with Crippen molar-refractivity contribution in [2.45, 2.75) is 108 Å². The Morgan fingerprint density at radius 2 is 1.65 bits per heavy atom. The summed E-state index contributed by atoms with van der Waals surface area (Å²) < 4.78 is 64.3. The van der Waals surface area contributed by atoms with Crippen LogP contribution in [0, 0.1) is 29.2 Å². The van der Waals surface area contributed by atoms with E-state index in [0.29, 0.717) is 77.7 Å². The van der Waals surface area contributed by atoms with Gasteiger partial charge in [0.15, 0.2) is 11.6 Å². The zero-order valence-corrected chi connectivity index (χ0v) is 45.4. The van der Waals surface area contributed by atoms with Gasteiger partial charge in [0.05, 0.1) is 10.4 Å². The Hall–Kier alpha value is -5.60. The van der Waals surface area contributed by atoms with Gasteiger partial charge in [-0.05, 0) is 129 Å². The lowest BCUT2D eigenvalue weighted by Gasteiger charge is -2.41. The van der Waals surface area contributed by atoms with Crippen molar-refractivity contribution in [3.05, 3.63) is 160 Å². The van der Waals surface area contributed by atoms with Crippen molar-refractivity contribution in [1.29, 1.82) is 0 Å². The molecule has 9 rings (SSSR count). The molecule has 0 radical (unpaired) electrons. The minimum absolute atomic E-state index is 0.100. The number of aromatic nitrogens is 2. The number of hydrogen-bond donors (Lipinski definition) is 4. The van der Waals surface area contributed by atoms with E-state index < -0.39 is 28.7 Å². The van der Waals surface area contributed by atoms with E-state index in [4.69, 9.17) is 23.1 Å². The number of nitrogens with one attached hydrogen (secondary N) is 2. The molecule has 9 nitrogen and oxygen atoms in total. The maximum atomic E-state index is 16.0. The van der Waals surface area contributed by atoms with Crippen LogP contribution in [-0.2, 0) is 25.3 Å². The largest absolute Gasteiger partial charge is 0.399 e. The number of nitrogens with two attached hydrogens (primary N) is 2. The van der Waals surface area contributed by atoms with Crippen LogP contribution in [0.4, 0.5) is 23.4 Å². The molecule has 1 aromatic heterocycles. The molecule has 75 heavy (non-hydrogen) atoms. The fourth-order valence-corrected chi connectivity index (χ4v) is 12.8. The molecule has 0 amide bonds. The Bertz CT molecular complexity index is 2880. The zero-order chi connectivity index (χ0) is 53.7. The number of anilines is 1. The van der Waals surface area contributed by atoms with Gasteiger partial charge in [0.1, 0.15) is 23.0 Å². The third-order valence-electron chi connectivity index (χ3n) is 16.9. The van der Waals surface area contributed by atoms with Crippen LogP contribution >= 0.6 is 11.6 Å². The van der Waals surface area contributed by atoms with Crippen molar-refractivity contribution in [3.8, 4) is 11.1 Å². The van der Waals surface area contributed by atoms with Crippen molar-refractivity contribution in [3.63, 3.8) is 0 Å². The summed E-state index contributed by atoms with van der Waals surface area (Å²) >= 11 is 6.59. The second-order valence-electron chi connectivity index (χ2n) is 21.5. The Kier molecular flexibility index (Phi) is 17.9. The van der Waals surface area contributed by atoms with Gasteiger partial charge in [0.25, 0.3) is 0 Å². The molecule has 5 aromatic rings. The Morgan fingerprint density at radius 3 is 2.29 bits per heavy atom. The van der Waals surface area contributed by atoms with Crippen LogP contribution < -0.4 is 27.0 Å². The van der Waals surface area contributed by atoms with E-state index in [1.807, 2.05) is 49.2 Å². The number of benzene rings is 4. The molecule has 3 atom stereocenters. The third-order valence-corrected chi connectivity index (χ3v) is 17.2. The molecule has 0 bridgehead atoms. The highest BCUT2D eigenvalue weighted by Gasteiger charge is 2.47. The van der Waals surface area contributed by atoms with Gasteiger partial charge in [-0.2, -0.15) is 5.10 Å². The minimum Gasteiger partial charge on any atom is -0.399 e. The maximum absolute atomic E-state index is 16.0. The Labute approximate surface area is 447 Å². The molecule has 1 unspecified atom stereocenters. The second-order valence-corrected chi connectivity index (χ2v) is 21.9. The first-order valence-electron chi connectivity index (χ1n) is 27.1. The summed E-state index contributed by atoms with van der Waals surface area (Å²) in [5.41, 5.74) is 19.1. The third kappa shape index (κ3) is 11.4. The summed E-state index contributed by atoms with van der Waals surface area (Å²) in [4.78, 5) is 6.92. The first-order valence-corrected chi connectivity index (χ1v) is 27.4. The van der Waals surface area contributed by atoms with Crippen molar-refractivity contribution in [2.75, 3.05) is 64.3 Å². The summed E-state index contributed by atoms with van der Waals surface area (Å²) in [5.74, 6) is -0.925. The first-order chi connectivity index (χ1) is 36.0. The van der Waals surface area contributed by atoms with Crippen LogP contribution in [0.1, 0.15) is 117 Å². The molecule has 3 fully saturated rings. The lowest BCUT2D eigenvalue weighted by molar-refractivity contribution is 0.136. The predicted molar refractivity (Wildman–Crippen MR) is 302 cm³/mol. The van der Waals surface area contributed by atoms with Crippen molar-refractivity contribution in [1.82, 2.24) is 30.2 Å². The molecular weight excluding hydrogens is 970 g/mol. The van der Waals surface area contributed by atoms with E-state index in [2.05, 4.69) is 58.8 Å². The summed E-state index contributed by atoms with van der Waals surface area (Å²) in [6, 6.07) is 16.9. The van der Waals surface area contributed by atoms with E-state index >= 15 is 17.6 Å². The Morgan fingerprint density at radius 1 is 0.933 bits per heavy atom. The molecule has 4 heterocycles. The highest BCUT2D eigenvalue weighted by molar-refractivity contribution is 6.34. The monoisotopic (exact) mass is 1050 g/mol. The average molecular weight is 1050 g/mol. The highest BCUT2D eigenvalue weighted by atomic mass is 35.5. The molecule has 4 aliphatic rings. The number of nitrogens with zero attached hydrogens (tertiary/aromatic N) is 5.